The number of ether oxygens (including phenoxy) is 6. The summed E-state index contributed by atoms with van der Waals surface area (Å²) in [6.07, 6.45) is 6.62. The fourth-order valence-corrected chi connectivity index (χ4v) is 4.16. The lowest BCUT2D eigenvalue weighted by molar-refractivity contribution is -0.299. The largest absolute Gasteiger partial charge is 0.466 e. The molecular formula is C27H52O7. The molecule has 1 saturated heterocycles. The second-order valence-corrected chi connectivity index (χ2v) is 9.40. The van der Waals surface area contributed by atoms with Gasteiger partial charge in [0.15, 0.2) is 0 Å². The maximum atomic E-state index is 12.6. The Morgan fingerprint density at radius 2 is 1.29 bits per heavy atom. The molecule has 0 aromatic heterocycles. The standard InChI is InChI=1S/C27H52O7/c1-7-12-16-29-21-22-24(31-17-13-8-2)25(32-18-14-9-3)26(33-19-15-10-4)27(6,34-22)20-23(28)30-11-5/h22,24-26H,7-21H2,1-6H3/t22-,24-,25+,26+,27+/m1/s1. The average Bonchev–Trinajstić information content (AvgIpc) is 2.80. The van der Waals surface area contributed by atoms with Gasteiger partial charge >= 0.3 is 5.97 Å². The zero-order valence-electron chi connectivity index (χ0n) is 22.8. The average molecular weight is 489 g/mol. The minimum Gasteiger partial charge on any atom is -0.466 e. The first-order chi connectivity index (χ1) is 16.5. The Balaban J connectivity index is 3.25. The lowest BCUT2D eigenvalue weighted by atomic mass is 9.83. The van der Waals surface area contributed by atoms with E-state index in [4.69, 9.17) is 28.4 Å². The Bertz CT molecular complexity index is 515. The molecule has 0 bridgehead atoms. The molecule has 1 aliphatic heterocycles. The van der Waals surface area contributed by atoms with Crippen LogP contribution in [0.25, 0.3) is 0 Å². The van der Waals surface area contributed by atoms with Gasteiger partial charge in [-0.05, 0) is 39.5 Å². The maximum Gasteiger partial charge on any atom is 0.308 e. The molecule has 0 unspecified atom stereocenters. The van der Waals surface area contributed by atoms with E-state index < -0.39 is 11.7 Å². The Labute approximate surface area is 208 Å². The third kappa shape index (κ3) is 10.9. The van der Waals surface area contributed by atoms with Crippen LogP contribution in [0, 0.1) is 0 Å². The summed E-state index contributed by atoms with van der Waals surface area (Å²) in [6, 6.07) is 0. The molecule has 34 heavy (non-hydrogen) atoms. The number of hydrogen-bond acceptors (Lipinski definition) is 7. The summed E-state index contributed by atoms with van der Waals surface area (Å²) in [5, 5.41) is 0. The number of carbonyl (C=O) groups excluding carboxylic acids is 1. The molecule has 0 N–H and O–H groups in total. The molecule has 7 nitrogen and oxygen atoms in total. The van der Waals surface area contributed by atoms with Crippen LogP contribution in [-0.4, -0.2) is 75.6 Å². The van der Waals surface area contributed by atoms with Crippen molar-refractivity contribution in [3.8, 4) is 0 Å². The summed E-state index contributed by atoms with van der Waals surface area (Å²) >= 11 is 0. The molecule has 5 atom stereocenters. The minimum absolute atomic E-state index is 0.0956. The molecule has 0 saturated carbocycles. The highest BCUT2D eigenvalue weighted by molar-refractivity contribution is 5.70. The van der Waals surface area contributed by atoms with Crippen molar-refractivity contribution in [2.45, 2.75) is 129 Å². The Kier molecular flexibility index (Phi) is 17.1. The topological polar surface area (TPSA) is 72.5 Å². The Morgan fingerprint density at radius 3 is 1.85 bits per heavy atom. The smallest absolute Gasteiger partial charge is 0.308 e. The van der Waals surface area contributed by atoms with Gasteiger partial charge in [-0.15, -0.1) is 0 Å². The van der Waals surface area contributed by atoms with Gasteiger partial charge in [0.05, 0.1) is 19.6 Å². The van der Waals surface area contributed by atoms with E-state index in [0.717, 1.165) is 51.4 Å². The monoisotopic (exact) mass is 488 g/mol. The maximum absolute atomic E-state index is 12.6. The van der Waals surface area contributed by atoms with Crippen LogP contribution in [0.3, 0.4) is 0 Å². The van der Waals surface area contributed by atoms with E-state index in [1.165, 1.54) is 0 Å². The third-order valence-electron chi connectivity index (χ3n) is 6.15. The van der Waals surface area contributed by atoms with Crippen LogP contribution in [0.5, 0.6) is 0 Å². The SMILES string of the molecule is CCCCOC[C@H]1O[C@@](C)(CC(=O)OCC)[C@@H](OCCCC)[C@@H](OCCCC)[C@@H]1OCCCC. The van der Waals surface area contributed by atoms with Crippen molar-refractivity contribution in [1.29, 1.82) is 0 Å². The molecular weight excluding hydrogens is 436 g/mol. The second-order valence-electron chi connectivity index (χ2n) is 9.40. The second kappa shape index (κ2) is 18.5. The highest BCUT2D eigenvalue weighted by Gasteiger charge is 2.55. The van der Waals surface area contributed by atoms with Gasteiger partial charge in [0.25, 0.3) is 0 Å². The predicted octanol–water partition coefficient (Wildman–Crippen LogP) is 5.47. The van der Waals surface area contributed by atoms with Crippen molar-refractivity contribution in [3.05, 3.63) is 0 Å². The number of unbranched alkanes of at least 4 members (excludes halogenated alkanes) is 4. The van der Waals surface area contributed by atoms with Gasteiger partial charge in [-0.2, -0.15) is 0 Å². The van der Waals surface area contributed by atoms with Crippen LogP contribution in [0.15, 0.2) is 0 Å². The fraction of sp³-hybridized carbons (Fsp3) is 0.963. The molecule has 7 heteroatoms. The summed E-state index contributed by atoms with van der Waals surface area (Å²) in [7, 11) is 0. The van der Waals surface area contributed by atoms with Crippen LogP contribution in [0.1, 0.15) is 99.3 Å². The molecule has 0 radical (unpaired) electrons. The lowest BCUT2D eigenvalue weighted by Gasteiger charge is -2.51. The van der Waals surface area contributed by atoms with Gasteiger partial charge in [0, 0.05) is 26.4 Å². The summed E-state index contributed by atoms with van der Waals surface area (Å²) in [6.45, 7) is 15.5. The van der Waals surface area contributed by atoms with E-state index in [1.54, 1.807) is 0 Å². The van der Waals surface area contributed by atoms with Gasteiger partial charge in [-0.3, -0.25) is 4.79 Å². The summed E-state index contributed by atoms with van der Waals surface area (Å²) in [5.41, 5.74) is -0.903. The van der Waals surface area contributed by atoms with Gasteiger partial charge in [0.1, 0.15) is 30.0 Å². The summed E-state index contributed by atoms with van der Waals surface area (Å²) < 4.78 is 37.2. The Morgan fingerprint density at radius 1 is 0.765 bits per heavy atom. The molecule has 0 aromatic carbocycles. The van der Waals surface area contributed by atoms with Crippen LogP contribution in [0.4, 0.5) is 0 Å². The van der Waals surface area contributed by atoms with Crippen LogP contribution in [0.2, 0.25) is 0 Å². The normalized spacial score (nSPS) is 27.1. The Hall–Kier alpha value is -0.730. The zero-order chi connectivity index (χ0) is 25.2. The lowest BCUT2D eigenvalue weighted by Crippen LogP contribution is -2.66. The van der Waals surface area contributed by atoms with Crippen LogP contribution < -0.4 is 0 Å². The molecule has 0 aliphatic carbocycles. The zero-order valence-corrected chi connectivity index (χ0v) is 22.8. The van der Waals surface area contributed by atoms with E-state index >= 15 is 0 Å². The quantitative estimate of drug-likeness (QED) is 0.166. The molecule has 1 heterocycles. The van der Waals surface area contributed by atoms with Crippen LogP contribution >= 0.6 is 0 Å². The molecule has 1 fully saturated rings. The van der Waals surface area contributed by atoms with E-state index in [9.17, 15) is 4.79 Å². The number of carbonyl (C=O) groups is 1. The fourth-order valence-electron chi connectivity index (χ4n) is 4.16. The molecule has 1 aliphatic rings. The van der Waals surface area contributed by atoms with E-state index in [0.29, 0.717) is 39.6 Å². The molecule has 0 aromatic rings. The van der Waals surface area contributed by atoms with E-state index in [-0.39, 0.29) is 30.7 Å². The first-order valence-corrected chi connectivity index (χ1v) is 13.7. The van der Waals surface area contributed by atoms with Crippen LogP contribution in [-0.2, 0) is 33.2 Å². The third-order valence-corrected chi connectivity index (χ3v) is 6.15. The van der Waals surface area contributed by atoms with Crippen molar-refractivity contribution in [1.82, 2.24) is 0 Å². The van der Waals surface area contributed by atoms with Crippen molar-refractivity contribution in [2.24, 2.45) is 0 Å². The molecule has 0 amide bonds. The number of rotatable bonds is 20. The van der Waals surface area contributed by atoms with Gasteiger partial charge < -0.3 is 28.4 Å². The molecule has 1 rings (SSSR count). The summed E-state index contributed by atoms with van der Waals surface area (Å²) in [5.74, 6) is -0.294. The van der Waals surface area contributed by atoms with Crippen molar-refractivity contribution < 1.29 is 33.2 Å². The molecule has 202 valence electrons. The van der Waals surface area contributed by atoms with Gasteiger partial charge in [0.2, 0.25) is 0 Å². The van der Waals surface area contributed by atoms with Crippen molar-refractivity contribution >= 4 is 5.97 Å². The summed E-state index contributed by atoms with van der Waals surface area (Å²) in [4.78, 5) is 12.6. The van der Waals surface area contributed by atoms with E-state index in [1.807, 2.05) is 13.8 Å². The van der Waals surface area contributed by atoms with Crippen molar-refractivity contribution in [3.63, 3.8) is 0 Å². The van der Waals surface area contributed by atoms with E-state index in [2.05, 4.69) is 27.7 Å². The predicted molar refractivity (Wildman–Crippen MR) is 134 cm³/mol. The number of hydrogen-bond donors (Lipinski definition) is 0. The van der Waals surface area contributed by atoms with Gasteiger partial charge in [-0.1, -0.05) is 53.4 Å². The highest BCUT2D eigenvalue weighted by Crippen LogP contribution is 2.38. The minimum atomic E-state index is -0.903. The molecule has 0 spiro atoms. The first kappa shape index (κ1) is 31.3. The highest BCUT2D eigenvalue weighted by atomic mass is 16.6. The number of esters is 1. The first-order valence-electron chi connectivity index (χ1n) is 13.7. The van der Waals surface area contributed by atoms with Gasteiger partial charge in [-0.25, -0.2) is 0 Å². The van der Waals surface area contributed by atoms with Crippen molar-refractivity contribution in [2.75, 3.05) is 39.6 Å².